The lowest BCUT2D eigenvalue weighted by atomic mass is 10.8. The maximum Gasteiger partial charge on any atom is 0.102 e. The Bertz CT molecular complexity index is 254. The van der Waals surface area contributed by atoms with Crippen LogP contribution >= 0.6 is 11.3 Å². The summed E-state index contributed by atoms with van der Waals surface area (Å²) in [6.07, 6.45) is 5.34. The lowest BCUT2D eigenvalue weighted by Crippen LogP contribution is -1.66. The lowest BCUT2D eigenvalue weighted by molar-refractivity contribution is 1.15. The summed E-state index contributed by atoms with van der Waals surface area (Å²) >= 11 is 1.67. The summed E-state index contributed by atoms with van der Waals surface area (Å²) in [6, 6.07) is 0. The van der Waals surface area contributed by atoms with E-state index in [2.05, 4.69) is 15.0 Å². The number of imidazole rings is 1. The molecule has 0 aromatic carbocycles. The van der Waals surface area contributed by atoms with Gasteiger partial charge in [0.15, 0.2) is 0 Å². The zero-order valence-corrected chi connectivity index (χ0v) is 7.93. The number of H-pyrrole nitrogens is 1. The molecule has 0 spiro atoms. The number of aryl methyl sites for hydroxylation is 2. The molecule has 0 radical (unpaired) electrons. The van der Waals surface area contributed by atoms with Crippen molar-refractivity contribution in [1.29, 1.82) is 0 Å². The monoisotopic (exact) mass is 181 g/mol. The van der Waals surface area contributed by atoms with Gasteiger partial charge in [-0.1, -0.05) is 0 Å². The van der Waals surface area contributed by atoms with Gasteiger partial charge in [-0.15, -0.1) is 11.3 Å². The standard InChI is InChI=1S/C4H6N2.C4H5NS/c2*1-4-5-2-3-6-4/h2-3H,1H3,(H,5,6);2-3H,1H3. The topological polar surface area (TPSA) is 41.6 Å². The number of nitrogens with one attached hydrogen (secondary N) is 1. The Morgan fingerprint density at radius 3 is 2.25 bits per heavy atom. The molecule has 4 heteroatoms. The Kier molecular flexibility index (Phi) is 3.47. The third-order valence-corrected chi connectivity index (χ3v) is 1.90. The minimum atomic E-state index is 0.968. The molecule has 0 aliphatic heterocycles. The van der Waals surface area contributed by atoms with E-state index < -0.39 is 0 Å². The molecular formula is C8H11N3S. The van der Waals surface area contributed by atoms with Crippen molar-refractivity contribution in [1.82, 2.24) is 15.0 Å². The molecule has 0 bridgehead atoms. The Morgan fingerprint density at radius 1 is 1.25 bits per heavy atom. The normalized spacial score (nSPS) is 8.83. The molecule has 2 rings (SSSR count). The Balaban J connectivity index is 0.000000120. The number of hydrogen-bond acceptors (Lipinski definition) is 3. The molecule has 2 aromatic rings. The van der Waals surface area contributed by atoms with Gasteiger partial charge in [-0.05, 0) is 13.8 Å². The molecule has 1 N–H and O–H groups in total. The molecule has 0 unspecified atom stereocenters. The van der Waals surface area contributed by atoms with Crippen molar-refractivity contribution in [3.05, 3.63) is 34.8 Å². The van der Waals surface area contributed by atoms with Gasteiger partial charge in [0, 0.05) is 24.0 Å². The van der Waals surface area contributed by atoms with Gasteiger partial charge in [0.05, 0.1) is 5.01 Å². The van der Waals surface area contributed by atoms with Crippen LogP contribution in [-0.2, 0) is 0 Å². The van der Waals surface area contributed by atoms with Crippen LogP contribution in [-0.4, -0.2) is 15.0 Å². The molecule has 3 nitrogen and oxygen atoms in total. The van der Waals surface area contributed by atoms with E-state index in [1.807, 2.05) is 19.2 Å². The van der Waals surface area contributed by atoms with E-state index >= 15 is 0 Å². The summed E-state index contributed by atoms with van der Waals surface area (Å²) in [6.45, 7) is 3.91. The number of aromatic amines is 1. The molecular weight excluding hydrogens is 170 g/mol. The SMILES string of the molecule is Cc1ncc[nH]1.Cc1nccs1. The zero-order chi connectivity index (χ0) is 8.81. The van der Waals surface area contributed by atoms with E-state index in [1.54, 1.807) is 29.9 Å². The number of rotatable bonds is 0. The van der Waals surface area contributed by atoms with Crippen molar-refractivity contribution in [2.75, 3.05) is 0 Å². The fourth-order valence-electron chi connectivity index (χ4n) is 0.639. The molecule has 0 aliphatic rings. The Morgan fingerprint density at radius 2 is 2.08 bits per heavy atom. The van der Waals surface area contributed by atoms with Crippen LogP contribution in [0.4, 0.5) is 0 Å². The van der Waals surface area contributed by atoms with Crippen LogP contribution in [0.15, 0.2) is 24.0 Å². The second kappa shape index (κ2) is 4.66. The molecule has 0 amide bonds. The van der Waals surface area contributed by atoms with Crippen molar-refractivity contribution in [3.8, 4) is 0 Å². The van der Waals surface area contributed by atoms with Crippen LogP contribution in [0.2, 0.25) is 0 Å². The molecule has 64 valence electrons. The van der Waals surface area contributed by atoms with Gasteiger partial charge >= 0.3 is 0 Å². The largest absolute Gasteiger partial charge is 0.349 e. The molecule has 2 aromatic heterocycles. The van der Waals surface area contributed by atoms with Crippen molar-refractivity contribution < 1.29 is 0 Å². The predicted octanol–water partition coefficient (Wildman–Crippen LogP) is 2.17. The third kappa shape index (κ3) is 3.30. The molecule has 0 saturated carbocycles. The number of thiazole rings is 1. The van der Waals surface area contributed by atoms with E-state index in [9.17, 15) is 0 Å². The summed E-state index contributed by atoms with van der Waals surface area (Å²) in [4.78, 5) is 10.7. The van der Waals surface area contributed by atoms with Crippen LogP contribution in [0, 0.1) is 13.8 Å². The van der Waals surface area contributed by atoms with Crippen molar-refractivity contribution in [2.24, 2.45) is 0 Å². The highest BCUT2D eigenvalue weighted by molar-refractivity contribution is 7.09. The van der Waals surface area contributed by atoms with E-state index in [1.165, 1.54) is 0 Å². The summed E-state index contributed by atoms with van der Waals surface area (Å²) in [5, 5.41) is 3.10. The number of nitrogens with zero attached hydrogens (tertiary/aromatic N) is 2. The second-order valence-corrected chi connectivity index (χ2v) is 3.32. The zero-order valence-electron chi connectivity index (χ0n) is 7.11. The highest BCUT2D eigenvalue weighted by Gasteiger charge is 1.76. The van der Waals surface area contributed by atoms with Gasteiger partial charge in [0.25, 0.3) is 0 Å². The summed E-state index contributed by atoms with van der Waals surface area (Å²) in [7, 11) is 0. The van der Waals surface area contributed by atoms with Crippen molar-refractivity contribution in [2.45, 2.75) is 13.8 Å². The average molecular weight is 181 g/mol. The maximum absolute atomic E-state index is 3.94. The van der Waals surface area contributed by atoms with Crippen LogP contribution in [0.5, 0.6) is 0 Å². The Hall–Kier alpha value is -1.16. The van der Waals surface area contributed by atoms with E-state index in [0.29, 0.717) is 0 Å². The van der Waals surface area contributed by atoms with Gasteiger partial charge in [-0.3, -0.25) is 4.98 Å². The van der Waals surface area contributed by atoms with Gasteiger partial charge in [0.2, 0.25) is 0 Å². The maximum atomic E-state index is 3.94. The quantitative estimate of drug-likeness (QED) is 0.676. The van der Waals surface area contributed by atoms with Crippen LogP contribution < -0.4 is 0 Å². The highest BCUT2D eigenvalue weighted by atomic mass is 32.1. The molecule has 0 aliphatic carbocycles. The van der Waals surface area contributed by atoms with Crippen LogP contribution in [0.3, 0.4) is 0 Å². The third-order valence-electron chi connectivity index (χ3n) is 1.19. The van der Waals surface area contributed by atoms with Gasteiger partial charge in [-0.25, -0.2) is 4.98 Å². The molecule has 0 saturated heterocycles. The number of aromatic nitrogens is 3. The Labute approximate surface area is 75.5 Å². The lowest BCUT2D eigenvalue weighted by Gasteiger charge is -1.68. The first-order valence-corrected chi connectivity index (χ1v) is 4.49. The molecule has 12 heavy (non-hydrogen) atoms. The summed E-state index contributed by atoms with van der Waals surface area (Å²) in [5.74, 6) is 0.968. The highest BCUT2D eigenvalue weighted by Crippen LogP contribution is 1.98. The fraction of sp³-hybridized carbons (Fsp3) is 0.250. The first kappa shape index (κ1) is 8.93. The van der Waals surface area contributed by atoms with Gasteiger partial charge in [0.1, 0.15) is 5.82 Å². The van der Waals surface area contributed by atoms with Gasteiger partial charge in [-0.2, -0.15) is 0 Å². The molecule has 2 heterocycles. The minimum Gasteiger partial charge on any atom is -0.349 e. The number of hydrogen-bond donors (Lipinski definition) is 1. The summed E-state index contributed by atoms with van der Waals surface area (Å²) in [5.41, 5.74) is 0. The van der Waals surface area contributed by atoms with Gasteiger partial charge < -0.3 is 4.98 Å². The van der Waals surface area contributed by atoms with E-state index in [-0.39, 0.29) is 0 Å². The van der Waals surface area contributed by atoms with Crippen molar-refractivity contribution in [3.63, 3.8) is 0 Å². The van der Waals surface area contributed by atoms with Crippen molar-refractivity contribution >= 4 is 11.3 Å². The molecule has 0 atom stereocenters. The summed E-state index contributed by atoms with van der Waals surface area (Å²) < 4.78 is 0. The second-order valence-electron chi connectivity index (χ2n) is 2.23. The minimum absolute atomic E-state index is 0.968. The first-order chi connectivity index (χ1) is 5.79. The van der Waals surface area contributed by atoms with Crippen LogP contribution in [0.1, 0.15) is 10.8 Å². The fourth-order valence-corrected chi connectivity index (χ4v) is 1.08. The first-order valence-electron chi connectivity index (χ1n) is 3.61. The van der Waals surface area contributed by atoms with Crippen LogP contribution in [0.25, 0.3) is 0 Å². The smallest absolute Gasteiger partial charge is 0.102 e. The predicted molar refractivity (Wildman–Crippen MR) is 50.2 cm³/mol. The molecule has 0 fully saturated rings. The average Bonchev–Trinajstić information content (AvgIpc) is 2.63. The van der Waals surface area contributed by atoms with E-state index in [0.717, 1.165) is 10.8 Å². The van der Waals surface area contributed by atoms with E-state index in [4.69, 9.17) is 0 Å².